The molecule has 0 bridgehead atoms. The first-order valence-corrected chi connectivity index (χ1v) is 6.96. The molecule has 1 unspecified atom stereocenters. The van der Waals surface area contributed by atoms with Crippen LogP contribution in [0.15, 0.2) is 0 Å². The van der Waals surface area contributed by atoms with Gasteiger partial charge >= 0.3 is 0 Å². The Labute approximate surface area is 108 Å². The third-order valence-corrected chi connectivity index (χ3v) is 3.82. The van der Waals surface area contributed by atoms with Crippen molar-refractivity contribution in [1.82, 2.24) is 15.3 Å². The highest BCUT2D eigenvalue weighted by Gasteiger charge is 2.32. The smallest absolute Gasteiger partial charge is 0.157 e. The summed E-state index contributed by atoms with van der Waals surface area (Å²) in [7, 11) is 1.76. The van der Waals surface area contributed by atoms with Gasteiger partial charge in [0, 0.05) is 31.7 Å². The first-order valence-electron chi connectivity index (χ1n) is 6.96. The van der Waals surface area contributed by atoms with E-state index in [-0.39, 0.29) is 6.10 Å². The van der Waals surface area contributed by atoms with E-state index in [1.807, 2.05) is 0 Å². The molecular formula is C14H21N3O. The van der Waals surface area contributed by atoms with Crippen molar-refractivity contribution in [3.63, 3.8) is 0 Å². The molecule has 1 fully saturated rings. The number of hydrogen-bond acceptors (Lipinski definition) is 4. The van der Waals surface area contributed by atoms with Crippen LogP contribution in [0.25, 0.3) is 0 Å². The second-order valence-electron chi connectivity index (χ2n) is 5.28. The number of rotatable bonds is 5. The first kappa shape index (κ1) is 12.1. The predicted molar refractivity (Wildman–Crippen MR) is 69.2 cm³/mol. The molecule has 0 aromatic carbocycles. The number of aromatic nitrogens is 2. The van der Waals surface area contributed by atoms with Gasteiger partial charge in [0.25, 0.3) is 0 Å². The van der Waals surface area contributed by atoms with E-state index in [4.69, 9.17) is 14.7 Å². The molecular weight excluding hydrogens is 226 g/mol. The van der Waals surface area contributed by atoms with E-state index in [0.717, 1.165) is 31.8 Å². The summed E-state index contributed by atoms with van der Waals surface area (Å²) in [4.78, 5) is 9.54. The van der Waals surface area contributed by atoms with Gasteiger partial charge in [-0.3, -0.25) is 0 Å². The molecule has 1 aromatic rings. The molecule has 1 aliphatic heterocycles. The summed E-state index contributed by atoms with van der Waals surface area (Å²) in [5, 5.41) is 3.38. The topological polar surface area (TPSA) is 47.0 Å². The summed E-state index contributed by atoms with van der Waals surface area (Å²) in [6.07, 6.45) is 4.71. The fourth-order valence-corrected chi connectivity index (χ4v) is 2.67. The van der Waals surface area contributed by atoms with E-state index < -0.39 is 0 Å². The van der Waals surface area contributed by atoms with E-state index in [0.29, 0.717) is 5.92 Å². The summed E-state index contributed by atoms with van der Waals surface area (Å²) in [5.41, 5.74) is 3.84. The van der Waals surface area contributed by atoms with Crippen LogP contribution < -0.4 is 5.32 Å². The van der Waals surface area contributed by atoms with Crippen LogP contribution in [0.1, 0.15) is 67.4 Å². The second kappa shape index (κ2) is 4.94. The Hall–Kier alpha value is -1.00. The lowest BCUT2D eigenvalue weighted by atomic mass is 10.1. The van der Waals surface area contributed by atoms with Crippen molar-refractivity contribution in [2.45, 2.75) is 57.7 Å². The third kappa shape index (κ3) is 2.15. The van der Waals surface area contributed by atoms with Crippen molar-refractivity contribution < 1.29 is 4.74 Å². The van der Waals surface area contributed by atoms with Gasteiger partial charge in [-0.1, -0.05) is 13.3 Å². The van der Waals surface area contributed by atoms with Gasteiger partial charge in [0.1, 0.15) is 6.10 Å². The standard InChI is InChI=1S/C14H21N3O/c1-3-4-12(18-2)14-16-11-8-15-7-10(11)13(17-14)9-5-6-9/h9,12,15H,3-8H2,1-2H3. The Kier molecular flexibility index (Phi) is 3.31. The van der Waals surface area contributed by atoms with Gasteiger partial charge < -0.3 is 10.1 Å². The van der Waals surface area contributed by atoms with Gasteiger partial charge in [-0.05, 0) is 19.3 Å². The lowest BCUT2D eigenvalue weighted by Gasteiger charge is -2.16. The monoisotopic (exact) mass is 247 g/mol. The van der Waals surface area contributed by atoms with Gasteiger partial charge in [-0.25, -0.2) is 9.97 Å². The zero-order valence-corrected chi connectivity index (χ0v) is 11.2. The maximum absolute atomic E-state index is 5.55. The molecule has 1 N–H and O–H groups in total. The van der Waals surface area contributed by atoms with Gasteiger partial charge in [0.05, 0.1) is 11.4 Å². The van der Waals surface area contributed by atoms with Crippen LogP contribution >= 0.6 is 0 Å². The normalized spacial score (nSPS) is 19.9. The molecule has 0 radical (unpaired) electrons. The van der Waals surface area contributed by atoms with Crippen LogP contribution in [0.3, 0.4) is 0 Å². The molecule has 1 aliphatic carbocycles. The van der Waals surface area contributed by atoms with Crippen molar-refractivity contribution in [3.8, 4) is 0 Å². The summed E-state index contributed by atoms with van der Waals surface area (Å²) in [6.45, 7) is 3.99. The van der Waals surface area contributed by atoms with Crippen molar-refractivity contribution in [2.24, 2.45) is 0 Å². The average molecular weight is 247 g/mol. The lowest BCUT2D eigenvalue weighted by molar-refractivity contribution is 0.0872. The minimum atomic E-state index is 0.0541. The lowest BCUT2D eigenvalue weighted by Crippen LogP contribution is -2.11. The van der Waals surface area contributed by atoms with Crippen LogP contribution in [0.5, 0.6) is 0 Å². The zero-order chi connectivity index (χ0) is 12.5. The van der Waals surface area contributed by atoms with Crippen LogP contribution in [0, 0.1) is 0 Å². The average Bonchev–Trinajstić information content (AvgIpc) is 3.12. The van der Waals surface area contributed by atoms with Crippen molar-refractivity contribution in [3.05, 3.63) is 22.8 Å². The van der Waals surface area contributed by atoms with E-state index in [2.05, 4.69) is 12.2 Å². The molecule has 18 heavy (non-hydrogen) atoms. The molecule has 2 heterocycles. The van der Waals surface area contributed by atoms with E-state index in [1.165, 1.54) is 29.8 Å². The Morgan fingerprint density at radius 2 is 2.17 bits per heavy atom. The van der Waals surface area contributed by atoms with Crippen molar-refractivity contribution in [2.75, 3.05) is 7.11 Å². The number of fused-ring (bicyclic) bond motifs is 1. The number of hydrogen-bond donors (Lipinski definition) is 1. The quantitative estimate of drug-likeness (QED) is 0.868. The number of ether oxygens (including phenoxy) is 1. The van der Waals surface area contributed by atoms with Gasteiger partial charge in [-0.15, -0.1) is 0 Å². The molecule has 1 saturated carbocycles. The minimum Gasteiger partial charge on any atom is -0.373 e. The third-order valence-electron chi connectivity index (χ3n) is 3.82. The Morgan fingerprint density at radius 3 is 2.83 bits per heavy atom. The molecule has 3 rings (SSSR count). The minimum absolute atomic E-state index is 0.0541. The van der Waals surface area contributed by atoms with Crippen LogP contribution in [0.2, 0.25) is 0 Å². The summed E-state index contributed by atoms with van der Waals surface area (Å²) in [5.74, 6) is 1.57. The largest absolute Gasteiger partial charge is 0.373 e. The Balaban J connectivity index is 1.97. The highest BCUT2D eigenvalue weighted by molar-refractivity contribution is 5.34. The number of nitrogens with zero attached hydrogens (tertiary/aromatic N) is 2. The summed E-state index contributed by atoms with van der Waals surface area (Å²) < 4.78 is 5.55. The molecule has 2 aliphatic rings. The van der Waals surface area contributed by atoms with Gasteiger partial charge in [0.15, 0.2) is 5.82 Å². The fraction of sp³-hybridized carbons (Fsp3) is 0.714. The van der Waals surface area contributed by atoms with E-state index in [1.54, 1.807) is 7.11 Å². The first-order chi connectivity index (χ1) is 8.83. The second-order valence-corrected chi connectivity index (χ2v) is 5.28. The van der Waals surface area contributed by atoms with Crippen molar-refractivity contribution in [1.29, 1.82) is 0 Å². The molecule has 4 nitrogen and oxygen atoms in total. The number of nitrogens with one attached hydrogen (secondary N) is 1. The fourth-order valence-electron chi connectivity index (χ4n) is 2.67. The molecule has 4 heteroatoms. The van der Waals surface area contributed by atoms with E-state index >= 15 is 0 Å². The maximum Gasteiger partial charge on any atom is 0.157 e. The van der Waals surface area contributed by atoms with Gasteiger partial charge in [0.2, 0.25) is 0 Å². The summed E-state index contributed by atoms with van der Waals surface area (Å²) >= 11 is 0. The zero-order valence-electron chi connectivity index (χ0n) is 11.2. The SMILES string of the molecule is CCCC(OC)c1nc2c(c(C3CC3)n1)CNC2. The van der Waals surface area contributed by atoms with Gasteiger partial charge in [-0.2, -0.15) is 0 Å². The highest BCUT2D eigenvalue weighted by atomic mass is 16.5. The molecule has 0 saturated heterocycles. The molecule has 0 amide bonds. The molecule has 1 aromatic heterocycles. The van der Waals surface area contributed by atoms with Crippen LogP contribution in [0.4, 0.5) is 0 Å². The summed E-state index contributed by atoms with van der Waals surface area (Å²) in [6, 6.07) is 0. The highest BCUT2D eigenvalue weighted by Crippen LogP contribution is 2.42. The van der Waals surface area contributed by atoms with E-state index in [9.17, 15) is 0 Å². The molecule has 1 atom stereocenters. The molecule has 0 spiro atoms. The molecule has 98 valence electrons. The van der Waals surface area contributed by atoms with Crippen LogP contribution in [-0.2, 0) is 17.8 Å². The number of methoxy groups -OCH3 is 1. The Bertz CT molecular complexity index is 443. The maximum atomic E-state index is 5.55. The van der Waals surface area contributed by atoms with Crippen molar-refractivity contribution >= 4 is 0 Å². The predicted octanol–water partition coefficient (Wildman–Crippen LogP) is 2.44. The Morgan fingerprint density at radius 1 is 1.33 bits per heavy atom. The van der Waals surface area contributed by atoms with Crippen LogP contribution in [-0.4, -0.2) is 17.1 Å².